The Kier molecular flexibility index (Phi) is 7.85. The van der Waals surface area contributed by atoms with E-state index in [0.29, 0.717) is 27.6 Å². The number of rotatable bonds is 4. The van der Waals surface area contributed by atoms with E-state index in [2.05, 4.69) is 75.0 Å². The fourth-order valence-corrected chi connectivity index (χ4v) is 13.6. The Morgan fingerprint density at radius 2 is 1.55 bits per heavy atom. The lowest BCUT2D eigenvalue weighted by Crippen LogP contribution is -2.63. The molecule has 0 N–H and O–H groups in total. The first-order valence-electron chi connectivity index (χ1n) is 18.7. The van der Waals surface area contributed by atoms with Crippen LogP contribution in [0.3, 0.4) is 0 Å². The molecule has 0 aromatic heterocycles. The number of allylic oxidation sites excluding steroid dienone is 2. The van der Waals surface area contributed by atoms with Gasteiger partial charge in [-0.15, -0.1) is 6.58 Å². The van der Waals surface area contributed by atoms with Gasteiger partial charge >= 0.3 is 0 Å². The Balaban J connectivity index is 1.25. The molecule has 2 bridgehead atoms. The molecule has 10 atom stereocenters. The summed E-state index contributed by atoms with van der Waals surface area (Å²) in [5.41, 5.74) is 5.46. The highest BCUT2D eigenvalue weighted by molar-refractivity contribution is 5.28. The maximum atomic E-state index is 6.97. The van der Waals surface area contributed by atoms with Crippen molar-refractivity contribution in [2.75, 3.05) is 0 Å². The molecule has 0 radical (unpaired) electrons. The molecule has 5 aliphatic carbocycles. The van der Waals surface area contributed by atoms with Crippen molar-refractivity contribution < 1.29 is 4.74 Å². The molecule has 4 saturated carbocycles. The summed E-state index contributed by atoms with van der Waals surface area (Å²) in [5.74, 6) is 5.13. The standard InChI is InChI=1S/C41H68O/c1-11-28-14-13-21-38(7)22-18-32-29(15-16-30(27-33(28)38)36(32,3)4)26-31-17-24-40(9)34(37(31,5)6)20-25-41(10)35(40)19-23-39(8,12-2)42-41/h12,28,30-31,33-35H,2,11,13-27H2,1,3-10H3. The van der Waals surface area contributed by atoms with Crippen molar-refractivity contribution in [3.05, 3.63) is 23.8 Å². The van der Waals surface area contributed by atoms with Gasteiger partial charge in [-0.05, 0) is 154 Å². The maximum absolute atomic E-state index is 6.97. The predicted octanol–water partition coefficient (Wildman–Crippen LogP) is 12.1. The molecule has 0 aromatic rings. The molecule has 1 nitrogen and oxygen atoms in total. The van der Waals surface area contributed by atoms with Crippen molar-refractivity contribution >= 4 is 0 Å². The summed E-state index contributed by atoms with van der Waals surface area (Å²) in [6, 6.07) is 0. The largest absolute Gasteiger partial charge is 0.365 e. The van der Waals surface area contributed by atoms with Crippen LogP contribution < -0.4 is 0 Å². The molecule has 6 aliphatic rings. The van der Waals surface area contributed by atoms with Crippen molar-refractivity contribution in [1.29, 1.82) is 0 Å². The molecular formula is C41H68O. The van der Waals surface area contributed by atoms with Crippen LogP contribution in [0.2, 0.25) is 0 Å². The van der Waals surface area contributed by atoms with Crippen LogP contribution in [0.1, 0.15) is 165 Å². The molecule has 1 heterocycles. The summed E-state index contributed by atoms with van der Waals surface area (Å²) in [6.45, 7) is 27.5. The molecule has 1 aliphatic heterocycles. The summed E-state index contributed by atoms with van der Waals surface area (Å²) in [4.78, 5) is 0. The van der Waals surface area contributed by atoms with Crippen LogP contribution in [0.25, 0.3) is 0 Å². The van der Waals surface area contributed by atoms with Crippen LogP contribution in [0, 0.1) is 57.2 Å². The topological polar surface area (TPSA) is 9.23 Å². The lowest BCUT2D eigenvalue weighted by atomic mass is 9.42. The molecule has 0 aromatic carbocycles. The second-order valence-electron chi connectivity index (χ2n) is 19.0. The molecule has 238 valence electrons. The van der Waals surface area contributed by atoms with Gasteiger partial charge in [-0.3, -0.25) is 0 Å². The SMILES string of the molecule is C=CC1(C)CCC2C(C)(CCC3C(C)(C)C(CC4=C5CCC6(C)CCCC(CC)C6CC(CC4)C5(C)C)CCC23C)O1. The van der Waals surface area contributed by atoms with Crippen molar-refractivity contribution in [3.63, 3.8) is 0 Å². The van der Waals surface area contributed by atoms with E-state index < -0.39 is 0 Å². The first kappa shape index (κ1) is 31.4. The third-order valence-electron chi connectivity index (χ3n) is 16.4. The van der Waals surface area contributed by atoms with Crippen LogP contribution in [0.4, 0.5) is 0 Å². The zero-order chi connectivity index (χ0) is 30.3. The van der Waals surface area contributed by atoms with Gasteiger partial charge in [-0.1, -0.05) is 85.0 Å². The van der Waals surface area contributed by atoms with Gasteiger partial charge in [0.25, 0.3) is 0 Å². The maximum Gasteiger partial charge on any atom is 0.0839 e. The molecule has 42 heavy (non-hydrogen) atoms. The monoisotopic (exact) mass is 577 g/mol. The highest BCUT2D eigenvalue weighted by atomic mass is 16.5. The predicted molar refractivity (Wildman–Crippen MR) is 179 cm³/mol. The summed E-state index contributed by atoms with van der Waals surface area (Å²) in [5, 5.41) is 0. The molecule has 10 unspecified atom stereocenters. The Bertz CT molecular complexity index is 1080. The number of fused-ring (bicyclic) bond motifs is 6. The molecule has 0 spiro atoms. The van der Waals surface area contributed by atoms with Gasteiger partial charge < -0.3 is 4.74 Å². The lowest BCUT2D eigenvalue weighted by Gasteiger charge is -2.66. The summed E-state index contributed by atoms with van der Waals surface area (Å²) in [6.07, 6.45) is 24.3. The van der Waals surface area contributed by atoms with Crippen LogP contribution >= 0.6 is 0 Å². The van der Waals surface area contributed by atoms with E-state index in [1.165, 1.54) is 96.3 Å². The van der Waals surface area contributed by atoms with Gasteiger partial charge in [0, 0.05) is 0 Å². The van der Waals surface area contributed by atoms with E-state index >= 15 is 0 Å². The van der Waals surface area contributed by atoms with E-state index in [1.54, 1.807) is 0 Å². The second kappa shape index (κ2) is 10.5. The fraction of sp³-hybridized carbons (Fsp3) is 0.902. The average Bonchev–Trinajstić information content (AvgIpc) is 2.91. The van der Waals surface area contributed by atoms with E-state index in [1.807, 2.05) is 11.1 Å². The number of ether oxygens (including phenoxy) is 1. The van der Waals surface area contributed by atoms with E-state index in [0.717, 1.165) is 36.0 Å². The molecule has 0 amide bonds. The van der Waals surface area contributed by atoms with Crippen LogP contribution in [-0.4, -0.2) is 11.2 Å². The minimum absolute atomic E-state index is 0.00505. The summed E-state index contributed by atoms with van der Waals surface area (Å²) in [7, 11) is 0. The quantitative estimate of drug-likeness (QED) is 0.302. The number of hydrogen-bond donors (Lipinski definition) is 0. The zero-order valence-corrected chi connectivity index (χ0v) is 29.5. The van der Waals surface area contributed by atoms with Crippen molar-refractivity contribution in [2.24, 2.45) is 57.2 Å². The highest BCUT2D eigenvalue weighted by Gasteiger charge is 2.63. The average molecular weight is 577 g/mol. The third-order valence-corrected chi connectivity index (χ3v) is 16.4. The van der Waals surface area contributed by atoms with E-state index in [4.69, 9.17) is 4.74 Å². The smallest absolute Gasteiger partial charge is 0.0839 e. The van der Waals surface area contributed by atoms with Gasteiger partial charge in [-0.25, -0.2) is 0 Å². The van der Waals surface area contributed by atoms with Gasteiger partial charge in [-0.2, -0.15) is 0 Å². The first-order valence-corrected chi connectivity index (χ1v) is 18.7. The Morgan fingerprint density at radius 1 is 0.810 bits per heavy atom. The van der Waals surface area contributed by atoms with Gasteiger partial charge in [0.1, 0.15) is 0 Å². The van der Waals surface area contributed by atoms with Crippen molar-refractivity contribution in [3.8, 4) is 0 Å². The minimum Gasteiger partial charge on any atom is -0.365 e. The zero-order valence-electron chi connectivity index (χ0n) is 29.5. The van der Waals surface area contributed by atoms with Gasteiger partial charge in [0.15, 0.2) is 0 Å². The molecule has 5 fully saturated rings. The Labute approximate surface area is 261 Å². The molecular weight excluding hydrogens is 508 g/mol. The minimum atomic E-state index is -0.148. The molecule has 1 heteroatoms. The lowest BCUT2D eigenvalue weighted by molar-refractivity contribution is -0.258. The Morgan fingerprint density at radius 3 is 2.26 bits per heavy atom. The van der Waals surface area contributed by atoms with E-state index in [-0.39, 0.29) is 11.2 Å². The highest BCUT2D eigenvalue weighted by Crippen LogP contribution is 2.68. The van der Waals surface area contributed by atoms with Gasteiger partial charge in [0.2, 0.25) is 0 Å². The summed E-state index contributed by atoms with van der Waals surface area (Å²) >= 11 is 0. The Hall–Kier alpha value is -0.560. The third kappa shape index (κ3) is 4.78. The van der Waals surface area contributed by atoms with Crippen LogP contribution in [0.5, 0.6) is 0 Å². The van der Waals surface area contributed by atoms with Crippen molar-refractivity contribution in [1.82, 2.24) is 0 Å². The second-order valence-corrected chi connectivity index (χ2v) is 19.0. The van der Waals surface area contributed by atoms with E-state index in [9.17, 15) is 0 Å². The van der Waals surface area contributed by atoms with Crippen LogP contribution in [0.15, 0.2) is 23.8 Å². The molecule has 6 rings (SSSR count). The molecule has 1 saturated heterocycles. The first-order chi connectivity index (χ1) is 19.6. The van der Waals surface area contributed by atoms with Gasteiger partial charge in [0.05, 0.1) is 11.2 Å². The van der Waals surface area contributed by atoms with Crippen molar-refractivity contribution in [2.45, 2.75) is 176 Å². The fourth-order valence-electron chi connectivity index (χ4n) is 13.6. The summed E-state index contributed by atoms with van der Waals surface area (Å²) < 4.78 is 6.97. The van der Waals surface area contributed by atoms with Crippen LogP contribution in [-0.2, 0) is 4.74 Å². The number of hydrogen-bond acceptors (Lipinski definition) is 1. The normalized spacial score (nSPS) is 50.0.